The Morgan fingerprint density at radius 2 is 2.32 bits per heavy atom. The number of fused-ring (bicyclic) bond motifs is 1. The van der Waals surface area contributed by atoms with Crippen LogP contribution in [-0.2, 0) is 19.0 Å². The first kappa shape index (κ1) is 14.0. The van der Waals surface area contributed by atoms with Crippen LogP contribution in [0.15, 0.2) is 11.6 Å². The lowest BCUT2D eigenvalue weighted by Crippen LogP contribution is -2.32. The van der Waals surface area contributed by atoms with Crippen molar-refractivity contribution in [1.82, 2.24) is 0 Å². The Labute approximate surface area is 111 Å². The smallest absolute Gasteiger partial charge is 0.330 e. The fourth-order valence-electron chi connectivity index (χ4n) is 2.63. The van der Waals surface area contributed by atoms with Crippen molar-refractivity contribution in [3.63, 3.8) is 0 Å². The van der Waals surface area contributed by atoms with E-state index in [9.17, 15) is 9.90 Å². The van der Waals surface area contributed by atoms with E-state index in [4.69, 9.17) is 14.7 Å². The van der Waals surface area contributed by atoms with Gasteiger partial charge in [0.25, 0.3) is 0 Å². The van der Waals surface area contributed by atoms with Crippen molar-refractivity contribution in [2.45, 2.75) is 44.4 Å². The third-order valence-corrected chi connectivity index (χ3v) is 3.43. The average molecular weight is 267 g/mol. The first-order valence-electron chi connectivity index (χ1n) is 6.09. The van der Waals surface area contributed by atoms with Crippen molar-refractivity contribution in [2.75, 3.05) is 7.11 Å². The van der Waals surface area contributed by atoms with Gasteiger partial charge in [-0.15, -0.1) is 0 Å². The van der Waals surface area contributed by atoms with Gasteiger partial charge in [0.05, 0.1) is 19.3 Å². The van der Waals surface area contributed by atoms with Crippen molar-refractivity contribution >= 4 is 5.97 Å². The molecule has 0 aromatic rings. The topological polar surface area (TPSA) is 88.8 Å². The second-order valence-corrected chi connectivity index (χ2v) is 5.21. The quantitative estimate of drug-likeness (QED) is 0.445. The number of carbonyl (C=O) groups is 1. The number of carbonyl (C=O) groups excluding carboxylic acids is 1. The highest BCUT2D eigenvalue weighted by Gasteiger charge is 2.53. The van der Waals surface area contributed by atoms with Gasteiger partial charge in [-0.05, 0) is 25.8 Å². The van der Waals surface area contributed by atoms with Crippen LogP contribution in [0.5, 0.6) is 0 Å². The molecule has 2 rings (SSSR count). The van der Waals surface area contributed by atoms with Crippen molar-refractivity contribution in [3.8, 4) is 6.07 Å². The molecule has 1 N–H and O–H groups in total. The van der Waals surface area contributed by atoms with Gasteiger partial charge >= 0.3 is 5.97 Å². The maximum Gasteiger partial charge on any atom is 0.330 e. The Kier molecular flexibility index (Phi) is 3.63. The summed E-state index contributed by atoms with van der Waals surface area (Å²) < 4.78 is 16.1. The van der Waals surface area contributed by atoms with Gasteiger partial charge in [0.2, 0.25) is 0 Å². The summed E-state index contributed by atoms with van der Waals surface area (Å²) in [7, 11) is 1.30. The predicted octanol–water partition coefficient (Wildman–Crippen LogP) is 0.510. The van der Waals surface area contributed by atoms with Crippen LogP contribution in [0, 0.1) is 17.2 Å². The summed E-state index contributed by atoms with van der Waals surface area (Å²) in [5, 5.41) is 18.6. The van der Waals surface area contributed by atoms with Gasteiger partial charge in [0, 0.05) is 12.0 Å². The number of methoxy groups -OCH3 is 1. The Morgan fingerprint density at radius 1 is 1.63 bits per heavy atom. The molecule has 2 fully saturated rings. The second kappa shape index (κ2) is 4.93. The number of aliphatic hydroxyl groups is 1. The van der Waals surface area contributed by atoms with Crippen LogP contribution < -0.4 is 0 Å². The minimum Gasteiger partial charge on any atom is -0.466 e. The molecule has 1 aliphatic heterocycles. The van der Waals surface area contributed by atoms with Crippen LogP contribution in [0.4, 0.5) is 0 Å². The van der Waals surface area contributed by atoms with E-state index in [1.54, 1.807) is 13.8 Å². The molecule has 0 amide bonds. The Hall–Kier alpha value is -1.42. The molecule has 1 saturated carbocycles. The average Bonchev–Trinajstić information content (AvgIpc) is 2.83. The summed E-state index contributed by atoms with van der Waals surface area (Å²) in [4.78, 5) is 11.3. The highest BCUT2D eigenvalue weighted by atomic mass is 16.8. The van der Waals surface area contributed by atoms with Crippen LogP contribution in [0.1, 0.15) is 20.3 Å². The molecule has 0 bridgehead atoms. The van der Waals surface area contributed by atoms with E-state index in [0.29, 0.717) is 12.0 Å². The van der Waals surface area contributed by atoms with Crippen molar-refractivity contribution < 1.29 is 24.1 Å². The molecule has 6 heteroatoms. The molecule has 1 heterocycles. The highest BCUT2D eigenvalue weighted by molar-refractivity contribution is 5.83. The molecule has 2 aliphatic rings. The summed E-state index contributed by atoms with van der Waals surface area (Å²) in [5.74, 6) is -1.67. The molecular formula is C13H17NO5. The second-order valence-electron chi connectivity index (χ2n) is 5.21. The lowest BCUT2D eigenvalue weighted by atomic mass is 9.99. The van der Waals surface area contributed by atoms with E-state index >= 15 is 0 Å². The maximum absolute atomic E-state index is 11.3. The lowest BCUT2D eigenvalue weighted by Gasteiger charge is -2.22. The lowest BCUT2D eigenvalue weighted by molar-refractivity contribution is -0.155. The fourth-order valence-corrected chi connectivity index (χ4v) is 2.63. The Bertz CT molecular complexity index is 450. The SMILES string of the molecule is COC(=O)/C=C1\C[C@@H](C(O)C#N)[C@H]2OC(C)(C)O[C@@H]12. The van der Waals surface area contributed by atoms with Crippen LogP contribution >= 0.6 is 0 Å². The summed E-state index contributed by atoms with van der Waals surface area (Å²) in [6.07, 6.45) is -0.238. The Morgan fingerprint density at radius 3 is 2.89 bits per heavy atom. The van der Waals surface area contributed by atoms with Gasteiger partial charge in [0.1, 0.15) is 12.2 Å². The molecule has 1 unspecified atom stereocenters. The van der Waals surface area contributed by atoms with Crippen molar-refractivity contribution in [2.24, 2.45) is 5.92 Å². The zero-order chi connectivity index (χ0) is 14.2. The molecule has 0 aromatic heterocycles. The molecule has 0 radical (unpaired) electrons. The summed E-state index contributed by atoms with van der Waals surface area (Å²) >= 11 is 0. The van der Waals surface area contributed by atoms with Gasteiger partial charge in [-0.2, -0.15) is 5.26 Å². The Balaban J connectivity index is 2.28. The van der Waals surface area contributed by atoms with E-state index in [0.717, 1.165) is 0 Å². The third kappa shape index (κ3) is 2.63. The first-order valence-corrected chi connectivity index (χ1v) is 6.09. The molecule has 6 nitrogen and oxygen atoms in total. The van der Waals surface area contributed by atoms with Crippen molar-refractivity contribution in [3.05, 3.63) is 11.6 Å². The normalized spacial score (nSPS) is 35.7. The highest BCUT2D eigenvalue weighted by Crippen LogP contribution is 2.45. The van der Waals surface area contributed by atoms with Gasteiger partial charge in [0.15, 0.2) is 5.79 Å². The zero-order valence-corrected chi connectivity index (χ0v) is 11.1. The van der Waals surface area contributed by atoms with Crippen LogP contribution in [-0.4, -0.2) is 42.3 Å². The third-order valence-electron chi connectivity index (χ3n) is 3.43. The molecule has 4 atom stereocenters. The number of ether oxygens (including phenoxy) is 3. The first-order chi connectivity index (χ1) is 8.88. The molecule has 1 saturated heterocycles. The van der Waals surface area contributed by atoms with Crippen LogP contribution in [0.2, 0.25) is 0 Å². The minimum absolute atomic E-state index is 0.384. The van der Waals surface area contributed by atoms with E-state index < -0.39 is 36.0 Å². The van der Waals surface area contributed by atoms with E-state index in [-0.39, 0.29) is 0 Å². The predicted molar refractivity (Wildman–Crippen MR) is 63.7 cm³/mol. The summed E-state index contributed by atoms with van der Waals surface area (Å²) in [5.41, 5.74) is 0.696. The van der Waals surface area contributed by atoms with Gasteiger partial charge < -0.3 is 19.3 Å². The largest absolute Gasteiger partial charge is 0.466 e. The standard InChI is InChI=1S/C13H17NO5/c1-13(2)18-11-7(5-10(16)17-3)4-8(9(15)6-14)12(11)19-13/h5,8-9,11-12,15H,4H2,1-3H3/b7-5+/t8-,9?,11-,12+/m0/s1. The summed E-state index contributed by atoms with van der Waals surface area (Å²) in [6, 6.07) is 1.81. The number of esters is 1. The molecule has 0 spiro atoms. The molecule has 0 aromatic carbocycles. The van der Waals surface area contributed by atoms with Gasteiger partial charge in [-0.1, -0.05) is 0 Å². The van der Waals surface area contributed by atoms with E-state index in [1.807, 2.05) is 6.07 Å². The zero-order valence-electron chi connectivity index (χ0n) is 11.1. The van der Waals surface area contributed by atoms with Gasteiger partial charge in [-0.3, -0.25) is 0 Å². The van der Waals surface area contributed by atoms with E-state index in [2.05, 4.69) is 4.74 Å². The number of nitriles is 1. The number of hydrogen-bond donors (Lipinski definition) is 1. The minimum atomic E-state index is -1.14. The number of hydrogen-bond acceptors (Lipinski definition) is 6. The molecule has 104 valence electrons. The van der Waals surface area contributed by atoms with Crippen LogP contribution in [0.25, 0.3) is 0 Å². The summed E-state index contributed by atoms with van der Waals surface area (Å²) in [6.45, 7) is 3.52. The number of aliphatic hydroxyl groups excluding tert-OH is 1. The molecule has 19 heavy (non-hydrogen) atoms. The molecule has 1 aliphatic carbocycles. The maximum atomic E-state index is 11.3. The van der Waals surface area contributed by atoms with Gasteiger partial charge in [-0.25, -0.2) is 4.79 Å². The number of nitrogens with zero attached hydrogens (tertiary/aromatic N) is 1. The van der Waals surface area contributed by atoms with Crippen LogP contribution in [0.3, 0.4) is 0 Å². The van der Waals surface area contributed by atoms with Crippen molar-refractivity contribution in [1.29, 1.82) is 5.26 Å². The van der Waals surface area contributed by atoms with E-state index in [1.165, 1.54) is 13.2 Å². The fraction of sp³-hybridized carbons (Fsp3) is 0.692. The molecular weight excluding hydrogens is 250 g/mol. The monoisotopic (exact) mass is 267 g/mol. The number of rotatable bonds is 2.